The number of rotatable bonds is 3. The van der Waals surface area contributed by atoms with E-state index in [1.54, 1.807) is 24.5 Å². The van der Waals surface area contributed by atoms with Crippen molar-refractivity contribution in [1.82, 2.24) is 24.4 Å². The molecule has 0 spiro atoms. The summed E-state index contributed by atoms with van der Waals surface area (Å²) in [6.45, 7) is 3.49. The zero-order chi connectivity index (χ0) is 15.8. The molecule has 1 fully saturated rings. The molecule has 0 aromatic carbocycles. The lowest BCUT2D eigenvalue weighted by atomic mass is 10.2. The number of hydrogen-bond donors (Lipinski definition) is 0. The van der Waals surface area contributed by atoms with Crippen LogP contribution in [0.2, 0.25) is 0 Å². The minimum absolute atomic E-state index is 0.0642. The maximum atomic E-state index is 11.9. The Labute approximate surface area is 133 Å². The molecule has 23 heavy (non-hydrogen) atoms. The molecule has 4 heterocycles. The summed E-state index contributed by atoms with van der Waals surface area (Å²) in [5.74, 6) is 0.930. The highest BCUT2D eigenvalue weighted by molar-refractivity contribution is 5.69. The minimum Gasteiger partial charge on any atom is -0.350 e. The highest BCUT2D eigenvalue weighted by Gasteiger charge is 2.28. The molecule has 0 bridgehead atoms. The van der Waals surface area contributed by atoms with Crippen molar-refractivity contribution in [3.63, 3.8) is 0 Å². The normalized spacial score (nSPS) is 18.0. The highest BCUT2D eigenvalue weighted by Crippen LogP contribution is 2.28. The van der Waals surface area contributed by atoms with Gasteiger partial charge in [0.15, 0.2) is 5.82 Å². The summed E-state index contributed by atoms with van der Waals surface area (Å²) < 4.78 is 3.39. The fourth-order valence-corrected chi connectivity index (χ4v) is 3.28. The van der Waals surface area contributed by atoms with Crippen molar-refractivity contribution in [1.29, 1.82) is 0 Å². The van der Waals surface area contributed by atoms with Gasteiger partial charge in [-0.25, -0.2) is 14.2 Å². The van der Waals surface area contributed by atoms with Crippen LogP contribution in [0.3, 0.4) is 0 Å². The zero-order valence-corrected chi connectivity index (χ0v) is 13.0. The first-order valence-electron chi connectivity index (χ1n) is 7.82. The van der Waals surface area contributed by atoms with Crippen LogP contribution in [0.15, 0.2) is 41.6 Å². The Morgan fingerprint density at radius 3 is 3.13 bits per heavy atom. The molecule has 3 aromatic rings. The molecule has 1 saturated heterocycles. The van der Waals surface area contributed by atoms with E-state index < -0.39 is 0 Å². The molecule has 1 unspecified atom stereocenters. The molecule has 1 atom stereocenters. The average molecular weight is 310 g/mol. The Morgan fingerprint density at radius 1 is 1.35 bits per heavy atom. The molecule has 3 aromatic heterocycles. The van der Waals surface area contributed by atoms with Gasteiger partial charge in [-0.05, 0) is 31.9 Å². The molecule has 1 aliphatic heterocycles. The van der Waals surface area contributed by atoms with Crippen LogP contribution >= 0.6 is 0 Å². The van der Waals surface area contributed by atoms with Crippen molar-refractivity contribution in [2.45, 2.75) is 32.4 Å². The van der Waals surface area contributed by atoms with Gasteiger partial charge >= 0.3 is 0 Å². The van der Waals surface area contributed by atoms with E-state index in [1.165, 1.54) is 4.68 Å². The second-order valence-corrected chi connectivity index (χ2v) is 5.90. The van der Waals surface area contributed by atoms with Crippen LogP contribution < -0.4 is 10.5 Å². The second kappa shape index (κ2) is 5.49. The van der Waals surface area contributed by atoms with Gasteiger partial charge in [0.1, 0.15) is 5.52 Å². The van der Waals surface area contributed by atoms with E-state index in [-0.39, 0.29) is 11.6 Å². The van der Waals surface area contributed by atoms with Crippen molar-refractivity contribution < 1.29 is 0 Å². The Balaban J connectivity index is 1.70. The Morgan fingerprint density at radius 2 is 2.26 bits per heavy atom. The topological polar surface area (TPSA) is 68.3 Å². The highest BCUT2D eigenvalue weighted by atomic mass is 16.1. The molecule has 7 heteroatoms. The zero-order valence-electron chi connectivity index (χ0n) is 13.0. The molecular weight excluding hydrogens is 292 g/mol. The van der Waals surface area contributed by atoms with Crippen LogP contribution in [0.25, 0.3) is 5.52 Å². The lowest BCUT2D eigenvalue weighted by Gasteiger charge is -2.26. The first-order valence-corrected chi connectivity index (χ1v) is 7.82. The van der Waals surface area contributed by atoms with Crippen molar-refractivity contribution in [2.24, 2.45) is 0 Å². The lowest BCUT2D eigenvalue weighted by molar-refractivity contribution is 0.487. The summed E-state index contributed by atoms with van der Waals surface area (Å²) in [6.07, 6.45) is 7.40. The van der Waals surface area contributed by atoms with Gasteiger partial charge in [-0.1, -0.05) is 0 Å². The SMILES string of the molecule is Cc1cc2c(N3CCCC3Cn3ncccc3=O)nccn2n1. The number of fused-ring (bicyclic) bond motifs is 1. The van der Waals surface area contributed by atoms with E-state index >= 15 is 0 Å². The molecule has 0 aliphatic carbocycles. The third-order valence-corrected chi connectivity index (χ3v) is 4.31. The summed E-state index contributed by atoms with van der Waals surface area (Å²) in [4.78, 5) is 18.8. The van der Waals surface area contributed by atoms with Gasteiger partial charge in [-0.15, -0.1) is 0 Å². The van der Waals surface area contributed by atoms with Crippen LogP contribution in [0, 0.1) is 6.92 Å². The fourth-order valence-electron chi connectivity index (χ4n) is 3.28. The first-order chi connectivity index (χ1) is 11.2. The number of nitrogens with zero attached hydrogens (tertiary/aromatic N) is 6. The van der Waals surface area contributed by atoms with Crippen LogP contribution in [-0.4, -0.2) is 37.0 Å². The van der Waals surface area contributed by atoms with E-state index in [1.807, 2.05) is 23.7 Å². The lowest BCUT2D eigenvalue weighted by Crippen LogP contribution is -2.37. The molecule has 0 N–H and O–H groups in total. The third kappa shape index (κ3) is 2.48. The van der Waals surface area contributed by atoms with Crippen LogP contribution in [0.1, 0.15) is 18.5 Å². The van der Waals surface area contributed by atoms with Crippen molar-refractivity contribution in [3.8, 4) is 0 Å². The summed E-state index contributed by atoms with van der Waals surface area (Å²) in [5.41, 5.74) is 1.91. The summed E-state index contributed by atoms with van der Waals surface area (Å²) in [7, 11) is 0. The first kappa shape index (κ1) is 13.9. The van der Waals surface area contributed by atoms with Gasteiger partial charge in [0.25, 0.3) is 5.56 Å². The minimum atomic E-state index is -0.0642. The predicted molar refractivity (Wildman–Crippen MR) is 86.6 cm³/mol. The average Bonchev–Trinajstić information content (AvgIpc) is 3.14. The van der Waals surface area contributed by atoms with Gasteiger partial charge in [0.2, 0.25) is 0 Å². The van der Waals surface area contributed by atoms with Crippen molar-refractivity contribution in [3.05, 3.63) is 52.8 Å². The van der Waals surface area contributed by atoms with Crippen LogP contribution in [0.4, 0.5) is 5.82 Å². The Kier molecular flexibility index (Phi) is 3.33. The van der Waals surface area contributed by atoms with E-state index in [2.05, 4.69) is 20.1 Å². The van der Waals surface area contributed by atoms with E-state index in [0.29, 0.717) is 6.54 Å². The smallest absolute Gasteiger partial charge is 0.266 e. The summed E-state index contributed by atoms with van der Waals surface area (Å²) in [5, 5.41) is 8.63. The molecule has 7 nitrogen and oxygen atoms in total. The summed E-state index contributed by atoms with van der Waals surface area (Å²) >= 11 is 0. The van der Waals surface area contributed by atoms with Gasteiger partial charge < -0.3 is 4.90 Å². The standard InChI is InChI=1S/C16H18N6O/c1-12-10-14-16(17-7-9-21(14)19-12)20-8-3-4-13(20)11-22-15(23)5-2-6-18-22/h2,5-7,9-10,13H,3-4,8,11H2,1H3. The molecule has 1 aliphatic rings. The van der Waals surface area contributed by atoms with E-state index in [0.717, 1.165) is 36.4 Å². The van der Waals surface area contributed by atoms with Crippen LogP contribution in [0.5, 0.6) is 0 Å². The van der Waals surface area contributed by atoms with Gasteiger partial charge in [-0.3, -0.25) is 4.79 Å². The van der Waals surface area contributed by atoms with E-state index in [9.17, 15) is 4.79 Å². The predicted octanol–water partition coefficient (Wildman–Crippen LogP) is 1.26. The van der Waals surface area contributed by atoms with Gasteiger partial charge in [0, 0.05) is 31.2 Å². The quantitative estimate of drug-likeness (QED) is 0.728. The third-order valence-electron chi connectivity index (χ3n) is 4.31. The van der Waals surface area contributed by atoms with E-state index in [4.69, 9.17) is 0 Å². The molecule has 0 amide bonds. The fraction of sp³-hybridized carbons (Fsp3) is 0.375. The molecular formula is C16H18N6O. The van der Waals surface area contributed by atoms with Crippen molar-refractivity contribution in [2.75, 3.05) is 11.4 Å². The van der Waals surface area contributed by atoms with Crippen LogP contribution in [-0.2, 0) is 6.54 Å². The molecule has 4 rings (SSSR count). The number of aromatic nitrogens is 5. The van der Waals surface area contributed by atoms with Crippen molar-refractivity contribution >= 4 is 11.3 Å². The molecule has 0 saturated carbocycles. The number of anilines is 1. The molecule has 0 radical (unpaired) electrons. The Hall–Kier alpha value is -2.70. The Bertz CT molecular complexity index is 899. The monoisotopic (exact) mass is 310 g/mol. The van der Waals surface area contributed by atoms with Gasteiger partial charge in [0.05, 0.1) is 18.3 Å². The largest absolute Gasteiger partial charge is 0.350 e. The summed E-state index contributed by atoms with van der Waals surface area (Å²) in [6, 6.07) is 5.48. The molecule has 118 valence electrons. The second-order valence-electron chi connectivity index (χ2n) is 5.90. The van der Waals surface area contributed by atoms with Gasteiger partial charge in [-0.2, -0.15) is 10.2 Å². The number of hydrogen-bond acceptors (Lipinski definition) is 5. The maximum Gasteiger partial charge on any atom is 0.266 e. The maximum absolute atomic E-state index is 11.9. The number of aryl methyl sites for hydroxylation is 1.